The summed E-state index contributed by atoms with van der Waals surface area (Å²) in [6, 6.07) is 16.8. The van der Waals surface area contributed by atoms with Gasteiger partial charge < -0.3 is 19.6 Å². The number of rotatable bonds is 7. The minimum absolute atomic E-state index is 0.369. The molecule has 0 aliphatic carbocycles. The number of methoxy groups -OCH3 is 1. The monoisotopic (exact) mass is 394 g/mol. The second-order valence-corrected chi connectivity index (χ2v) is 8.78. The third-order valence-corrected chi connectivity index (χ3v) is 6.69. The summed E-state index contributed by atoms with van der Waals surface area (Å²) in [7, 11) is 1.69. The van der Waals surface area contributed by atoms with Crippen LogP contribution < -0.4 is 10.1 Å². The predicted octanol–water partition coefficient (Wildman–Crippen LogP) is 4.26. The SMILES string of the molecule is COc1ccc(C2=CCNC(CC[S+]([O-])Cc3c[nH]c4ccccc34)C2)cc1. The van der Waals surface area contributed by atoms with Gasteiger partial charge in [-0.15, -0.1) is 0 Å². The molecule has 0 spiro atoms. The van der Waals surface area contributed by atoms with Crippen LogP contribution >= 0.6 is 0 Å². The van der Waals surface area contributed by atoms with E-state index in [1.807, 2.05) is 30.5 Å². The van der Waals surface area contributed by atoms with E-state index in [9.17, 15) is 4.55 Å². The third kappa shape index (κ3) is 4.43. The fourth-order valence-electron chi connectivity index (χ4n) is 3.79. The van der Waals surface area contributed by atoms with Crippen molar-refractivity contribution in [3.8, 4) is 5.75 Å². The number of nitrogens with one attached hydrogen (secondary N) is 2. The molecule has 0 radical (unpaired) electrons. The number of para-hydroxylation sites is 1. The largest absolute Gasteiger partial charge is 0.616 e. The fourth-order valence-corrected chi connectivity index (χ4v) is 5.06. The van der Waals surface area contributed by atoms with Crippen LogP contribution in [0.1, 0.15) is 24.0 Å². The topological polar surface area (TPSA) is 60.1 Å². The van der Waals surface area contributed by atoms with Gasteiger partial charge in [-0.1, -0.05) is 36.4 Å². The number of aromatic nitrogens is 1. The number of ether oxygens (including phenoxy) is 1. The van der Waals surface area contributed by atoms with Gasteiger partial charge in [0.25, 0.3) is 0 Å². The lowest BCUT2D eigenvalue weighted by Gasteiger charge is -2.25. The van der Waals surface area contributed by atoms with Crippen LogP contribution in [0.2, 0.25) is 0 Å². The summed E-state index contributed by atoms with van der Waals surface area (Å²) >= 11 is -0.863. The lowest BCUT2D eigenvalue weighted by molar-refractivity contribution is 0.414. The van der Waals surface area contributed by atoms with E-state index in [1.54, 1.807) is 7.11 Å². The zero-order valence-electron chi connectivity index (χ0n) is 16.1. The second-order valence-electron chi connectivity index (χ2n) is 7.20. The molecule has 2 N–H and O–H groups in total. The van der Waals surface area contributed by atoms with Gasteiger partial charge in [-0.2, -0.15) is 0 Å². The summed E-state index contributed by atoms with van der Waals surface area (Å²) < 4.78 is 17.9. The summed E-state index contributed by atoms with van der Waals surface area (Å²) in [5.74, 6) is 2.20. The standard InChI is InChI=1S/C23H26N2O2S/c1-27-21-8-6-17(7-9-21)18-10-12-24-20(14-18)11-13-28(26)16-19-15-25-23-5-3-2-4-22(19)23/h2-10,15,20,24-25H,11-14,16H2,1H3. The third-order valence-electron chi connectivity index (χ3n) is 5.37. The minimum Gasteiger partial charge on any atom is -0.616 e. The Kier molecular flexibility index (Phi) is 6.05. The van der Waals surface area contributed by atoms with Crippen LogP contribution in [0.25, 0.3) is 16.5 Å². The Morgan fingerprint density at radius 1 is 1.14 bits per heavy atom. The molecule has 1 aliphatic heterocycles. The van der Waals surface area contributed by atoms with Crippen molar-refractivity contribution in [1.82, 2.24) is 10.3 Å². The van der Waals surface area contributed by atoms with Crippen molar-refractivity contribution in [2.75, 3.05) is 19.4 Å². The zero-order valence-corrected chi connectivity index (χ0v) is 16.9. The predicted molar refractivity (Wildman–Crippen MR) is 117 cm³/mol. The Labute approximate surface area is 169 Å². The van der Waals surface area contributed by atoms with Crippen molar-refractivity contribution >= 4 is 27.7 Å². The molecule has 1 aromatic heterocycles. The molecule has 0 fully saturated rings. The van der Waals surface area contributed by atoms with Crippen molar-refractivity contribution in [3.63, 3.8) is 0 Å². The molecule has 0 bridgehead atoms. The maximum absolute atomic E-state index is 12.7. The molecule has 4 rings (SSSR count). The van der Waals surface area contributed by atoms with E-state index < -0.39 is 11.2 Å². The first-order valence-corrected chi connectivity index (χ1v) is 11.2. The highest BCUT2D eigenvalue weighted by atomic mass is 32.2. The Hall–Kier alpha value is -2.21. The van der Waals surface area contributed by atoms with E-state index in [-0.39, 0.29) is 0 Å². The molecule has 0 saturated heterocycles. The van der Waals surface area contributed by atoms with Gasteiger partial charge in [-0.25, -0.2) is 0 Å². The van der Waals surface area contributed by atoms with Gasteiger partial charge >= 0.3 is 0 Å². The van der Waals surface area contributed by atoms with Gasteiger partial charge in [0.05, 0.1) is 7.11 Å². The molecule has 2 heterocycles. The fraction of sp³-hybridized carbons (Fsp3) is 0.304. The molecule has 146 valence electrons. The van der Waals surface area contributed by atoms with Gasteiger partial charge in [-0.3, -0.25) is 0 Å². The smallest absolute Gasteiger partial charge is 0.132 e. The van der Waals surface area contributed by atoms with Crippen LogP contribution in [0, 0.1) is 0 Å². The molecule has 4 nitrogen and oxygen atoms in total. The second kappa shape index (κ2) is 8.86. The Balaban J connectivity index is 1.31. The van der Waals surface area contributed by atoms with E-state index >= 15 is 0 Å². The molecule has 2 unspecified atom stereocenters. The quantitative estimate of drug-likeness (QED) is 0.589. The summed E-state index contributed by atoms with van der Waals surface area (Å²) in [5, 5.41) is 4.72. The highest BCUT2D eigenvalue weighted by molar-refractivity contribution is 7.90. The molecular weight excluding hydrogens is 368 g/mol. The van der Waals surface area contributed by atoms with Crippen LogP contribution in [0.15, 0.2) is 60.8 Å². The summed E-state index contributed by atoms with van der Waals surface area (Å²) in [6.07, 6.45) is 6.13. The zero-order chi connectivity index (χ0) is 19.3. The lowest BCUT2D eigenvalue weighted by Crippen LogP contribution is -2.34. The number of H-pyrrole nitrogens is 1. The molecule has 1 aliphatic rings. The normalized spacial score (nSPS) is 18.1. The van der Waals surface area contributed by atoms with Crippen LogP contribution in [0.5, 0.6) is 5.75 Å². The van der Waals surface area contributed by atoms with Crippen LogP contribution in [-0.2, 0) is 16.9 Å². The number of hydrogen-bond acceptors (Lipinski definition) is 3. The Morgan fingerprint density at radius 3 is 2.79 bits per heavy atom. The summed E-state index contributed by atoms with van der Waals surface area (Å²) in [5.41, 5.74) is 4.85. The molecule has 2 aromatic carbocycles. The highest BCUT2D eigenvalue weighted by Gasteiger charge is 2.19. The summed E-state index contributed by atoms with van der Waals surface area (Å²) in [4.78, 5) is 3.27. The average Bonchev–Trinajstić information content (AvgIpc) is 3.15. The lowest BCUT2D eigenvalue weighted by atomic mass is 9.94. The van der Waals surface area contributed by atoms with E-state index in [1.165, 1.54) is 16.5 Å². The van der Waals surface area contributed by atoms with E-state index in [0.29, 0.717) is 17.5 Å². The first kappa shape index (κ1) is 19.1. The molecule has 3 aromatic rings. The van der Waals surface area contributed by atoms with Crippen LogP contribution in [-0.4, -0.2) is 35.0 Å². The molecule has 0 saturated carbocycles. The van der Waals surface area contributed by atoms with Gasteiger partial charge in [0.1, 0.15) is 17.3 Å². The number of hydrogen-bond donors (Lipinski definition) is 2. The molecular formula is C23H26N2O2S. The van der Waals surface area contributed by atoms with E-state index in [0.717, 1.165) is 36.2 Å². The van der Waals surface area contributed by atoms with Crippen LogP contribution in [0.4, 0.5) is 0 Å². The maximum atomic E-state index is 12.7. The average molecular weight is 395 g/mol. The highest BCUT2D eigenvalue weighted by Crippen LogP contribution is 2.26. The van der Waals surface area contributed by atoms with Crippen molar-refractivity contribution in [3.05, 3.63) is 71.9 Å². The first-order chi connectivity index (χ1) is 13.7. The van der Waals surface area contributed by atoms with Crippen molar-refractivity contribution in [1.29, 1.82) is 0 Å². The number of fused-ring (bicyclic) bond motifs is 1. The van der Waals surface area contributed by atoms with E-state index in [2.05, 4.69) is 40.6 Å². The molecule has 5 heteroatoms. The van der Waals surface area contributed by atoms with Crippen molar-refractivity contribution in [2.24, 2.45) is 0 Å². The number of aromatic amines is 1. The minimum atomic E-state index is -0.863. The molecule has 2 atom stereocenters. The molecule has 28 heavy (non-hydrogen) atoms. The molecule has 0 amide bonds. The Bertz CT molecular complexity index is 949. The van der Waals surface area contributed by atoms with E-state index in [4.69, 9.17) is 4.74 Å². The van der Waals surface area contributed by atoms with Crippen LogP contribution in [0.3, 0.4) is 0 Å². The first-order valence-electron chi connectivity index (χ1n) is 9.70. The maximum Gasteiger partial charge on any atom is 0.132 e. The van der Waals surface area contributed by atoms with Crippen molar-refractivity contribution < 1.29 is 9.29 Å². The van der Waals surface area contributed by atoms with Gasteiger partial charge in [0.2, 0.25) is 0 Å². The van der Waals surface area contributed by atoms with Crippen molar-refractivity contribution in [2.45, 2.75) is 24.6 Å². The van der Waals surface area contributed by atoms with Gasteiger partial charge in [0.15, 0.2) is 0 Å². The Morgan fingerprint density at radius 2 is 1.96 bits per heavy atom. The van der Waals surface area contributed by atoms with Gasteiger partial charge in [-0.05, 0) is 46.9 Å². The summed E-state index contributed by atoms with van der Waals surface area (Å²) in [6.45, 7) is 0.862. The number of benzene rings is 2. The van der Waals surface area contributed by atoms with Gasteiger partial charge in [0, 0.05) is 41.7 Å².